The number of nitrogens with one attached hydrogen (secondary N) is 2. The number of esters is 1. The molecule has 0 saturated heterocycles. The summed E-state index contributed by atoms with van der Waals surface area (Å²) in [5, 5.41) is 7.11. The molecule has 2 heterocycles. The molecule has 5 nitrogen and oxygen atoms in total. The lowest BCUT2D eigenvalue weighted by Crippen LogP contribution is -2.20. The molecule has 1 aromatic carbocycles. The van der Waals surface area contributed by atoms with Crippen LogP contribution in [0.3, 0.4) is 0 Å². The number of anilines is 2. The molecule has 3 aromatic rings. The minimum atomic E-state index is -0.406. The lowest BCUT2D eigenvalue weighted by molar-refractivity contribution is 0.0603. The highest BCUT2D eigenvalue weighted by molar-refractivity contribution is 7.80. The van der Waals surface area contributed by atoms with Crippen molar-refractivity contribution >= 4 is 45.5 Å². The van der Waals surface area contributed by atoms with Crippen LogP contribution in [0.25, 0.3) is 11.1 Å². The van der Waals surface area contributed by atoms with Crippen LogP contribution < -0.4 is 10.6 Å². The Labute approximate surface area is 161 Å². The van der Waals surface area contributed by atoms with Crippen LogP contribution in [0.4, 0.5) is 10.8 Å². The van der Waals surface area contributed by atoms with Gasteiger partial charge in [-0.15, -0.1) is 11.3 Å². The number of hydrogen-bond acceptors (Lipinski definition) is 5. The van der Waals surface area contributed by atoms with Crippen LogP contribution in [0.2, 0.25) is 0 Å². The Morgan fingerprint density at radius 3 is 2.50 bits per heavy atom. The summed E-state index contributed by atoms with van der Waals surface area (Å²) in [6.07, 6.45) is 1.67. The molecule has 3 rings (SSSR count). The molecule has 0 spiro atoms. The number of rotatable bonds is 4. The SMILES string of the molecule is COC(=O)c1c(NC(=S)Nc2ccccn2)sc(C)c1-c1ccccc1. The van der Waals surface area contributed by atoms with Crippen molar-refractivity contribution in [2.75, 3.05) is 17.7 Å². The van der Waals surface area contributed by atoms with Gasteiger partial charge >= 0.3 is 5.97 Å². The average molecular weight is 383 g/mol. The first-order chi connectivity index (χ1) is 12.6. The third-order valence-corrected chi connectivity index (χ3v) is 4.89. The summed E-state index contributed by atoms with van der Waals surface area (Å²) in [5.74, 6) is 0.220. The summed E-state index contributed by atoms with van der Waals surface area (Å²) in [6, 6.07) is 15.2. The van der Waals surface area contributed by atoms with E-state index in [1.165, 1.54) is 18.4 Å². The van der Waals surface area contributed by atoms with Crippen LogP contribution >= 0.6 is 23.6 Å². The molecule has 2 N–H and O–H groups in total. The molecular weight excluding hydrogens is 366 g/mol. The molecule has 0 amide bonds. The highest BCUT2D eigenvalue weighted by atomic mass is 32.1. The summed E-state index contributed by atoms with van der Waals surface area (Å²) < 4.78 is 5.00. The van der Waals surface area contributed by atoms with Crippen LogP contribution in [0.5, 0.6) is 0 Å². The monoisotopic (exact) mass is 383 g/mol. The number of thiocarbonyl (C=S) groups is 1. The average Bonchev–Trinajstić information content (AvgIpc) is 2.98. The number of thiophene rings is 1. The van der Waals surface area contributed by atoms with Crippen molar-refractivity contribution in [1.82, 2.24) is 4.98 Å². The van der Waals surface area contributed by atoms with E-state index in [1.54, 1.807) is 6.20 Å². The lowest BCUT2D eigenvalue weighted by Gasteiger charge is -2.10. The van der Waals surface area contributed by atoms with Gasteiger partial charge in [-0.1, -0.05) is 36.4 Å². The lowest BCUT2D eigenvalue weighted by atomic mass is 10.0. The minimum Gasteiger partial charge on any atom is -0.465 e. The summed E-state index contributed by atoms with van der Waals surface area (Å²) in [7, 11) is 1.37. The van der Waals surface area contributed by atoms with Crippen molar-refractivity contribution in [3.05, 3.63) is 65.2 Å². The molecule has 0 bridgehead atoms. The Hall–Kier alpha value is -2.77. The van der Waals surface area contributed by atoms with Crippen molar-refractivity contribution < 1.29 is 9.53 Å². The molecule has 7 heteroatoms. The Morgan fingerprint density at radius 2 is 1.85 bits per heavy atom. The summed E-state index contributed by atoms with van der Waals surface area (Å²) >= 11 is 6.82. The van der Waals surface area contributed by atoms with Gasteiger partial charge in [0.25, 0.3) is 0 Å². The van der Waals surface area contributed by atoms with Crippen LogP contribution in [-0.2, 0) is 4.74 Å². The molecule has 0 aliphatic rings. The van der Waals surface area contributed by atoms with Crippen LogP contribution in [0.1, 0.15) is 15.2 Å². The molecule has 0 aliphatic heterocycles. The molecule has 0 unspecified atom stereocenters. The molecule has 0 saturated carbocycles. The number of carbonyl (C=O) groups excluding carboxylic acids is 1. The maximum absolute atomic E-state index is 12.4. The normalized spacial score (nSPS) is 10.2. The molecule has 0 fully saturated rings. The first-order valence-corrected chi connectivity index (χ1v) is 9.08. The number of carbonyl (C=O) groups is 1. The largest absolute Gasteiger partial charge is 0.465 e. The van der Waals surface area contributed by atoms with E-state index in [4.69, 9.17) is 17.0 Å². The fraction of sp³-hybridized carbons (Fsp3) is 0.105. The quantitative estimate of drug-likeness (QED) is 0.502. The van der Waals surface area contributed by atoms with Crippen molar-refractivity contribution in [3.63, 3.8) is 0 Å². The molecule has 0 radical (unpaired) electrons. The first-order valence-electron chi connectivity index (χ1n) is 7.86. The fourth-order valence-electron chi connectivity index (χ4n) is 2.57. The maximum Gasteiger partial charge on any atom is 0.341 e. The zero-order valence-electron chi connectivity index (χ0n) is 14.3. The molecule has 26 heavy (non-hydrogen) atoms. The predicted molar refractivity (Wildman–Crippen MR) is 110 cm³/mol. The van der Waals surface area contributed by atoms with E-state index in [1.807, 2.05) is 55.5 Å². The number of methoxy groups -OCH3 is 1. The van der Waals surface area contributed by atoms with Gasteiger partial charge in [0.1, 0.15) is 16.4 Å². The van der Waals surface area contributed by atoms with Gasteiger partial charge in [-0.3, -0.25) is 0 Å². The zero-order chi connectivity index (χ0) is 18.5. The Kier molecular flexibility index (Phi) is 5.60. The first kappa shape index (κ1) is 18.0. The highest BCUT2D eigenvalue weighted by Crippen LogP contribution is 2.40. The Balaban J connectivity index is 1.94. The number of aryl methyl sites for hydroxylation is 1. The number of aromatic nitrogens is 1. The molecule has 2 aromatic heterocycles. The summed E-state index contributed by atoms with van der Waals surface area (Å²) in [5.41, 5.74) is 2.29. The van der Waals surface area contributed by atoms with Gasteiger partial charge in [0, 0.05) is 16.6 Å². The van der Waals surface area contributed by atoms with Crippen LogP contribution in [0.15, 0.2) is 54.7 Å². The fourth-order valence-corrected chi connectivity index (χ4v) is 3.91. The predicted octanol–water partition coefficient (Wildman–Crippen LogP) is 4.71. The molecule has 0 atom stereocenters. The van der Waals surface area contributed by atoms with Crippen molar-refractivity contribution in [2.24, 2.45) is 0 Å². The van der Waals surface area contributed by atoms with Crippen molar-refractivity contribution in [1.29, 1.82) is 0 Å². The van der Waals surface area contributed by atoms with Gasteiger partial charge in [-0.2, -0.15) is 0 Å². The van der Waals surface area contributed by atoms with Gasteiger partial charge in [0.15, 0.2) is 5.11 Å². The van der Waals surface area contributed by atoms with E-state index in [9.17, 15) is 4.79 Å². The van der Waals surface area contributed by atoms with E-state index in [0.29, 0.717) is 21.5 Å². The van der Waals surface area contributed by atoms with Gasteiger partial charge in [0.2, 0.25) is 0 Å². The summed E-state index contributed by atoms with van der Waals surface area (Å²) in [4.78, 5) is 17.6. The second-order valence-electron chi connectivity index (χ2n) is 5.39. The smallest absolute Gasteiger partial charge is 0.341 e. The molecule has 132 valence electrons. The van der Waals surface area contributed by atoms with E-state index in [0.717, 1.165) is 16.0 Å². The molecular formula is C19H17N3O2S2. The van der Waals surface area contributed by atoms with Crippen molar-refractivity contribution in [2.45, 2.75) is 6.92 Å². The molecule has 0 aliphatic carbocycles. The number of pyridine rings is 1. The second-order valence-corrected chi connectivity index (χ2v) is 7.02. The second kappa shape index (κ2) is 8.07. The number of benzene rings is 1. The van der Waals surface area contributed by atoms with Gasteiger partial charge in [-0.05, 0) is 36.8 Å². The van der Waals surface area contributed by atoms with Gasteiger partial charge < -0.3 is 15.4 Å². The topological polar surface area (TPSA) is 63.2 Å². The van der Waals surface area contributed by atoms with E-state index < -0.39 is 5.97 Å². The van der Waals surface area contributed by atoms with Crippen LogP contribution in [-0.4, -0.2) is 23.2 Å². The minimum absolute atomic E-state index is 0.356. The maximum atomic E-state index is 12.4. The third kappa shape index (κ3) is 3.89. The number of ether oxygens (including phenoxy) is 1. The van der Waals surface area contributed by atoms with Crippen LogP contribution in [0, 0.1) is 6.92 Å². The highest BCUT2D eigenvalue weighted by Gasteiger charge is 2.24. The van der Waals surface area contributed by atoms with Gasteiger partial charge in [0.05, 0.1) is 7.11 Å². The standard InChI is InChI=1S/C19H17N3O2S2/c1-12-15(13-8-4-3-5-9-13)16(18(23)24-2)17(26-12)22-19(25)21-14-10-6-7-11-20-14/h3-11H,1-2H3,(H2,20,21,22,25). The van der Waals surface area contributed by atoms with Gasteiger partial charge in [-0.25, -0.2) is 9.78 Å². The van der Waals surface area contributed by atoms with E-state index in [-0.39, 0.29) is 0 Å². The zero-order valence-corrected chi connectivity index (χ0v) is 15.9. The van der Waals surface area contributed by atoms with Crippen molar-refractivity contribution in [3.8, 4) is 11.1 Å². The number of nitrogens with zero attached hydrogens (tertiary/aromatic N) is 1. The van der Waals surface area contributed by atoms with E-state index in [2.05, 4.69) is 15.6 Å². The third-order valence-electron chi connectivity index (χ3n) is 3.67. The van der Waals surface area contributed by atoms with E-state index >= 15 is 0 Å². The summed E-state index contributed by atoms with van der Waals surface area (Å²) in [6.45, 7) is 1.97. The number of hydrogen-bond donors (Lipinski definition) is 2. The Bertz CT molecular complexity index is 925. The Morgan fingerprint density at radius 1 is 1.12 bits per heavy atom.